The van der Waals surface area contributed by atoms with E-state index in [9.17, 15) is 4.79 Å². The van der Waals surface area contributed by atoms with E-state index in [0.717, 1.165) is 35.6 Å². The van der Waals surface area contributed by atoms with E-state index in [1.807, 2.05) is 18.2 Å². The Morgan fingerprint density at radius 1 is 1.10 bits per heavy atom. The molecule has 1 N–H and O–H groups in total. The standard InChI is InChI=1S/C26H30N2OS/c1-3-7-22-21-16-18(2)10-12-24(21)30-25-13-11-20(17-23(25)28-22)26(29)27-15-14-19-8-5-4-6-9-19/h8,10-13,16-17H,3-7,9,14-15H2,1-2H3,(H,27,29). The lowest BCUT2D eigenvalue weighted by Gasteiger charge is -2.13. The molecule has 1 aliphatic carbocycles. The van der Waals surface area contributed by atoms with Crippen molar-refractivity contribution < 1.29 is 4.79 Å². The Balaban J connectivity index is 1.53. The molecule has 0 bridgehead atoms. The predicted octanol–water partition coefficient (Wildman–Crippen LogP) is 7.00. The second-order valence-corrected chi connectivity index (χ2v) is 9.29. The van der Waals surface area contributed by atoms with Crippen LogP contribution in [-0.4, -0.2) is 18.2 Å². The first-order valence-electron chi connectivity index (χ1n) is 11.1. The van der Waals surface area contributed by atoms with E-state index < -0.39 is 0 Å². The van der Waals surface area contributed by atoms with Crippen LogP contribution in [0.25, 0.3) is 0 Å². The van der Waals surface area contributed by atoms with Crippen LogP contribution in [-0.2, 0) is 0 Å². The van der Waals surface area contributed by atoms with Gasteiger partial charge in [-0.3, -0.25) is 9.79 Å². The molecule has 0 unspecified atom stereocenters. The first-order chi connectivity index (χ1) is 14.6. The van der Waals surface area contributed by atoms with Crippen molar-refractivity contribution in [3.63, 3.8) is 0 Å². The third kappa shape index (κ3) is 4.86. The van der Waals surface area contributed by atoms with Gasteiger partial charge in [0, 0.05) is 33.2 Å². The van der Waals surface area contributed by atoms with E-state index in [4.69, 9.17) is 4.99 Å². The molecule has 0 radical (unpaired) electrons. The fourth-order valence-electron chi connectivity index (χ4n) is 4.11. The number of carbonyl (C=O) groups is 1. The first kappa shape index (κ1) is 20.9. The number of carbonyl (C=O) groups excluding carboxylic acids is 1. The van der Waals surface area contributed by atoms with E-state index >= 15 is 0 Å². The van der Waals surface area contributed by atoms with Gasteiger partial charge in [0.05, 0.1) is 5.69 Å². The molecule has 3 nitrogen and oxygen atoms in total. The summed E-state index contributed by atoms with van der Waals surface area (Å²) in [6.07, 6.45) is 10.2. The van der Waals surface area contributed by atoms with Crippen molar-refractivity contribution in [2.24, 2.45) is 4.99 Å². The van der Waals surface area contributed by atoms with Gasteiger partial charge < -0.3 is 5.32 Å². The highest BCUT2D eigenvalue weighted by molar-refractivity contribution is 7.99. The van der Waals surface area contributed by atoms with E-state index in [1.54, 1.807) is 11.8 Å². The van der Waals surface area contributed by atoms with Gasteiger partial charge in [-0.2, -0.15) is 0 Å². The largest absolute Gasteiger partial charge is 0.352 e. The van der Waals surface area contributed by atoms with Crippen molar-refractivity contribution in [3.05, 3.63) is 64.7 Å². The summed E-state index contributed by atoms with van der Waals surface area (Å²) < 4.78 is 0. The van der Waals surface area contributed by atoms with E-state index in [-0.39, 0.29) is 5.91 Å². The van der Waals surface area contributed by atoms with Crippen LogP contribution < -0.4 is 5.32 Å². The van der Waals surface area contributed by atoms with Crippen LogP contribution in [0.5, 0.6) is 0 Å². The van der Waals surface area contributed by atoms with Gasteiger partial charge in [-0.25, -0.2) is 0 Å². The highest BCUT2D eigenvalue weighted by Crippen LogP contribution is 2.41. The lowest BCUT2D eigenvalue weighted by Crippen LogP contribution is -2.24. The number of allylic oxidation sites excluding steroid dienone is 1. The van der Waals surface area contributed by atoms with Gasteiger partial charge in [-0.15, -0.1) is 0 Å². The Morgan fingerprint density at radius 2 is 1.97 bits per heavy atom. The molecular formula is C26H30N2OS. The van der Waals surface area contributed by atoms with Crippen molar-refractivity contribution in [1.82, 2.24) is 5.32 Å². The van der Waals surface area contributed by atoms with E-state index in [1.165, 1.54) is 47.3 Å². The molecule has 0 saturated carbocycles. The monoisotopic (exact) mass is 418 g/mol. The zero-order valence-corrected chi connectivity index (χ0v) is 18.8. The van der Waals surface area contributed by atoms with Gasteiger partial charge >= 0.3 is 0 Å². The molecule has 1 amide bonds. The summed E-state index contributed by atoms with van der Waals surface area (Å²) in [7, 11) is 0. The summed E-state index contributed by atoms with van der Waals surface area (Å²) in [6.45, 7) is 5.01. The Labute approximate surface area is 184 Å². The minimum atomic E-state index is -0.0101. The maximum Gasteiger partial charge on any atom is 0.251 e. The minimum Gasteiger partial charge on any atom is -0.352 e. The highest BCUT2D eigenvalue weighted by Gasteiger charge is 2.19. The fourth-order valence-corrected chi connectivity index (χ4v) is 5.12. The molecular weight excluding hydrogens is 388 g/mol. The van der Waals surface area contributed by atoms with Crippen LogP contribution in [0.3, 0.4) is 0 Å². The number of nitrogens with zero attached hydrogens (tertiary/aromatic N) is 1. The van der Waals surface area contributed by atoms with Gasteiger partial charge in [0.25, 0.3) is 5.91 Å². The third-order valence-electron chi connectivity index (χ3n) is 5.75. The summed E-state index contributed by atoms with van der Waals surface area (Å²) >= 11 is 1.74. The Morgan fingerprint density at radius 3 is 2.77 bits per heavy atom. The molecule has 1 heterocycles. The predicted molar refractivity (Wildman–Crippen MR) is 126 cm³/mol. The Bertz CT molecular complexity index is 1010. The number of amides is 1. The minimum absolute atomic E-state index is 0.0101. The van der Waals surface area contributed by atoms with Crippen LogP contribution in [0.15, 0.2) is 62.8 Å². The summed E-state index contributed by atoms with van der Waals surface area (Å²) in [5.41, 5.74) is 6.67. The molecule has 2 aliphatic rings. The Kier molecular flexibility index (Phi) is 6.73. The first-order valence-corrected chi connectivity index (χ1v) is 11.9. The van der Waals surface area contributed by atoms with Gasteiger partial charge in [0.15, 0.2) is 0 Å². The second-order valence-electron chi connectivity index (χ2n) is 8.21. The molecule has 2 aromatic carbocycles. The Hall–Kier alpha value is -2.33. The van der Waals surface area contributed by atoms with Crippen LogP contribution >= 0.6 is 11.8 Å². The average Bonchev–Trinajstić information content (AvgIpc) is 2.90. The molecule has 0 spiro atoms. The molecule has 0 atom stereocenters. The topological polar surface area (TPSA) is 41.5 Å². The van der Waals surface area contributed by atoms with Gasteiger partial charge in [0.1, 0.15) is 0 Å². The molecule has 4 rings (SSSR count). The zero-order chi connectivity index (χ0) is 20.9. The number of aryl methyl sites for hydroxylation is 1. The van der Waals surface area contributed by atoms with Crippen LogP contribution in [0, 0.1) is 6.92 Å². The quantitative estimate of drug-likeness (QED) is 0.513. The summed E-state index contributed by atoms with van der Waals surface area (Å²) in [6, 6.07) is 12.5. The van der Waals surface area contributed by atoms with Crippen molar-refractivity contribution in [2.45, 2.75) is 68.6 Å². The second kappa shape index (κ2) is 9.65. The molecule has 0 aromatic heterocycles. The number of benzene rings is 2. The summed E-state index contributed by atoms with van der Waals surface area (Å²) in [5.74, 6) is -0.0101. The molecule has 156 valence electrons. The molecule has 30 heavy (non-hydrogen) atoms. The SMILES string of the molecule is CCCC1=Nc2cc(C(=O)NCCC3=CCCCC3)ccc2Sc2ccc(C)cc21. The zero-order valence-electron chi connectivity index (χ0n) is 18.0. The van der Waals surface area contributed by atoms with Crippen molar-refractivity contribution in [2.75, 3.05) is 6.54 Å². The third-order valence-corrected chi connectivity index (χ3v) is 6.89. The van der Waals surface area contributed by atoms with Gasteiger partial charge in [-0.1, -0.05) is 48.4 Å². The highest BCUT2D eigenvalue weighted by atomic mass is 32.2. The molecule has 4 heteroatoms. The number of hydrogen-bond acceptors (Lipinski definition) is 3. The van der Waals surface area contributed by atoms with E-state index in [0.29, 0.717) is 12.1 Å². The van der Waals surface area contributed by atoms with Gasteiger partial charge in [-0.05, 0) is 75.8 Å². The lowest BCUT2D eigenvalue weighted by atomic mass is 9.97. The molecule has 2 aromatic rings. The van der Waals surface area contributed by atoms with Crippen molar-refractivity contribution >= 4 is 29.1 Å². The number of hydrogen-bond donors (Lipinski definition) is 1. The van der Waals surface area contributed by atoms with Crippen molar-refractivity contribution in [1.29, 1.82) is 0 Å². The van der Waals surface area contributed by atoms with E-state index in [2.05, 4.69) is 43.4 Å². The molecule has 0 saturated heterocycles. The maximum atomic E-state index is 12.7. The number of rotatable bonds is 6. The summed E-state index contributed by atoms with van der Waals surface area (Å²) in [5, 5.41) is 3.09. The number of nitrogens with one attached hydrogen (secondary N) is 1. The maximum absolute atomic E-state index is 12.7. The van der Waals surface area contributed by atoms with Gasteiger partial charge in [0.2, 0.25) is 0 Å². The number of aliphatic imine (C=N–C) groups is 1. The van der Waals surface area contributed by atoms with Crippen LogP contribution in [0.4, 0.5) is 5.69 Å². The van der Waals surface area contributed by atoms with Crippen molar-refractivity contribution in [3.8, 4) is 0 Å². The average molecular weight is 419 g/mol. The molecule has 1 aliphatic heterocycles. The lowest BCUT2D eigenvalue weighted by molar-refractivity contribution is 0.0954. The normalized spacial score (nSPS) is 15.4. The molecule has 0 fully saturated rings. The number of fused-ring (bicyclic) bond motifs is 2. The smallest absolute Gasteiger partial charge is 0.251 e. The van der Waals surface area contributed by atoms with Crippen LogP contribution in [0.2, 0.25) is 0 Å². The fraction of sp³-hybridized carbons (Fsp3) is 0.385. The van der Waals surface area contributed by atoms with Crippen LogP contribution in [0.1, 0.15) is 73.4 Å². The summed E-state index contributed by atoms with van der Waals surface area (Å²) in [4.78, 5) is 20.1.